The van der Waals surface area contributed by atoms with Crippen LogP contribution in [0.2, 0.25) is 0 Å². The Bertz CT molecular complexity index is 972. The van der Waals surface area contributed by atoms with Crippen LogP contribution in [0.4, 0.5) is 5.69 Å². The van der Waals surface area contributed by atoms with E-state index in [-0.39, 0.29) is 11.9 Å². The molecule has 0 spiro atoms. The second-order valence-corrected chi connectivity index (χ2v) is 7.39. The molecule has 4 N–H and O–H groups in total. The molecule has 6 nitrogen and oxygen atoms in total. The van der Waals surface area contributed by atoms with E-state index in [2.05, 4.69) is 40.4 Å². The highest BCUT2D eigenvalue weighted by Gasteiger charge is 2.13. The van der Waals surface area contributed by atoms with Crippen LogP contribution in [0.15, 0.2) is 48.0 Å². The highest BCUT2D eigenvalue weighted by molar-refractivity contribution is 5.98. The predicted molar refractivity (Wildman–Crippen MR) is 117 cm³/mol. The maximum atomic E-state index is 9.48. The van der Waals surface area contributed by atoms with E-state index in [0.29, 0.717) is 16.8 Å². The number of nitrogens with one attached hydrogen (secondary N) is 2. The van der Waals surface area contributed by atoms with Gasteiger partial charge in [0.25, 0.3) is 0 Å². The summed E-state index contributed by atoms with van der Waals surface area (Å²) in [4.78, 5) is 9.53. The fourth-order valence-electron chi connectivity index (χ4n) is 3.41. The first-order chi connectivity index (χ1) is 14.0. The van der Waals surface area contributed by atoms with Crippen molar-refractivity contribution in [1.82, 2.24) is 5.32 Å². The molecule has 0 amide bonds. The van der Waals surface area contributed by atoms with Gasteiger partial charge >= 0.3 is 0 Å². The molecule has 0 atom stereocenters. The Morgan fingerprint density at radius 2 is 1.90 bits per heavy atom. The summed E-state index contributed by atoms with van der Waals surface area (Å²) in [5.41, 5.74) is 6.06. The molecule has 0 fully saturated rings. The molecule has 6 heteroatoms. The fraction of sp³-hybridized carbons (Fsp3) is 0.304. The van der Waals surface area contributed by atoms with Gasteiger partial charge in [-0.1, -0.05) is 18.7 Å². The summed E-state index contributed by atoms with van der Waals surface area (Å²) < 4.78 is 0. The minimum absolute atomic E-state index is 0.218. The number of rotatable bonds is 5. The van der Waals surface area contributed by atoms with Gasteiger partial charge in [0.2, 0.25) is 5.90 Å². The van der Waals surface area contributed by atoms with Crippen LogP contribution in [-0.2, 0) is 17.7 Å². The normalized spacial score (nSPS) is 14.0. The van der Waals surface area contributed by atoms with Crippen LogP contribution in [0.25, 0.3) is 5.70 Å². The lowest BCUT2D eigenvalue weighted by Gasteiger charge is -2.13. The van der Waals surface area contributed by atoms with Crippen molar-refractivity contribution in [2.75, 3.05) is 18.4 Å². The summed E-state index contributed by atoms with van der Waals surface area (Å²) in [6.45, 7) is 10.1. The van der Waals surface area contributed by atoms with Crippen molar-refractivity contribution in [3.63, 3.8) is 0 Å². The van der Waals surface area contributed by atoms with Gasteiger partial charge in [0.1, 0.15) is 6.07 Å². The standard InChI is InChI=1S/C23H27N5O/c1-15(2)27-22-7-6-20(13-21(22)14-24)23(29-25)28-16(3)18-5-4-17-8-10-26-11-9-19(17)12-18/h4-7,12-13,15,26-27H,3,8-11,25H2,1-2H3/b28-23-. The quantitative estimate of drug-likeness (QED) is 0.414. The van der Waals surface area contributed by atoms with Gasteiger partial charge in [-0.15, -0.1) is 0 Å². The summed E-state index contributed by atoms with van der Waals surface area (Å²) in [5.74, 6) is 5.72. The Morgan fingerprint density at radius 3 is 2.59 bits per heavy atom. The van der Waals surface area contributed by atoms with E-state index in [4.69, 9.17) is 10.7 Å². The van der Waals surface area contributed by atoms with Crippen LogP contribution in [-0.4, -0.2) is 25.0 Å². The third-order valence-electron chi connectivity index (χ3n) is 4.86. The zero-order valence-corrected chi connectivity index (χ0v) is 17.0. The number of anilines is 1. The Labute approximate surface area is 172 Å². The highest BCUT2D eigenvalue weighted by atomic mass is 16.6. The smallest absolute Gasteiger partial charge is 0.245 e. The molecule has 1 heterocycles. The van der Waals surface area contributed by atoms with Crippen LogP contribution >= 0.6 is 0 Å². The van der Waals surface area contributed by atoms with E-state index in [1.807, 2.05) is 32.0 Å². The summed E-state index contributed by atoms with van der Waals surface area (Å²) in [5, 5.41) is 16.1. The van der Waals surface area contributed by atoms with E-state index < -0.39 is 0 Å². The van der Waals surface area contributed by atoms with Gasteiger partial charge in [0.15, 0.2) is 0 Å². The molecule has 150 valence electrons. The van der Waals surface area contributed by atoms with Crippen molar-refractivity contribution < 1.29 is 4.84 Å². The predicted octanol–water partition coefficient (Wildman–Crippen LogP) is 3.37. The summed E-state index contributed by atoms with van der Waals surface area (Å²) in [7, 11) is 0. The van der Waals surface area contributed by atoms with E-state index in [1.165, 1.54) is 11.1 Å². The van der Waals surface area contributed by atoms with Gasteiger partial charge in [-0.25, -0.2) is 4.99 Å². The maximum Gasteiger partial charge on any atom is 0.245 e. The molecule has 0 unspecified atom stereocenters. The first-order valence-electron chi connectivity index (χ1n) is 9.80. The van der Waals surface area contributed by atoms with Gasteiger partial charge in [-0.2, -0.15) is 11.2 Å². The Balaban J connectivity index is 1.89. The molecular weight excluding hydrogens is 362 g/mol. The van der Waals surface area contributed by atoms with Crippen LogP contribution in [0, 0.1) is 11.3 Å². The average molecular weight is 390 g/mol. The van der Waals surface area contributed by atoms with E-state index in [9.17, 15) is 5.26 Å². The third-order valence-corrected chi connectivity index (χ3v) is 4.86. The summed E-state index contributed by atoms with van der Waals surface area (Å²) in [6.07, 6.45) is 2.01. The van der Waals surface area contributed by atoms with Crippen LogP contribution < -0.4 is 16.5 Å². The van der Waals surface area contributed by atoms with Gasteiger partial charge < -0.3 is 15.5 Å². The molecule has 0 radical (unpaired) electrons. The minimum atomic E-state index is 0.218. The van der Waals surface area contributed by atoms with Crippen molar-refractivity contribution in [3.8, 4) is 6.07 Å². The number of benzene rings is 2. The molecule has 0 aliphatic carbocycles. The van der Waals surface area contributed by atoms with E-state index in [0.717, 1.165) is 37.2 Å². The zero-order valence-electron chi connectivity index (χ0n) is 17.0. The monoisotopic (exact) mass is 389 g/mol. The number of nitrogens with zero attached hydrogens (tertiary/aromatic N) is 2. The van der Waals surface area contributed by atoms with Crippen LogP contribution in [0.5, 0.6) is 0 Å². The Morgan fingerprint density at radius 1 is 1.17 bits per heavy atom. The highest BCUT2D eigenvalue weighted by Crippen LogP contribution is 2.23. The molecule has 2 aromatic rings. The average Bonchev–Trinajstić information content (AvgIpc) is 2.96. The number of hydrogen-bond acceptors (Lipinski definition) is 6. The number of hydrogen-bond donors (Lipinski definition) is 3. The molecule has 0 saturated carbocycles. The number of aliphatic imine (C=N–C) groups is 1. The van der Waals surface area contributed by atoms with Gasteiger partial charge in [0, 0.05) is 11.6 Å². The lowest BCUT2D eigenvalue weighted by molar-refractivity contribution is 0.322. The van der Waals surface area contributed by atoms with E-state index >= 15 is 0 Å². The summed E-state index contributed by atoms with van der Waals surface area (Å²) >= 11 is 0. The fourth-order valence-corrected chi connectivity index (χ4v) is 3.41. The lowest BCUT2D eigenvalue weighted by Crippen LogP contribution is -2.16. The largest absolute Gasteiger partial charge is 0.391 e. The van der Waals surface area contributed by atoms with Gasteiger partial charge in [-0.05, 0) is 80.7 Å². The Kier molecular flexibility index (Phi) is 6.65. The topological polar surface area (TPSA) is 95.5 Å². The number of fused-ring (bicyclic) bond motifs is 1. The van der Waals surface area contributed by atoms with E-state index in [1.54, 1.807) is 6.07 Å². The summed E-state index contributed by atoms with van der Waals surface area (Å²) in [6, 6.07) is 14.1. The first kappa shape index (κ1) is 20.6. The molecule has 29 heavy (non-hydrogen) atoms. The van der Waals surface area contributed by atoms with Crippen molar-refractivity contribution >= 4 is 17.3 Å². The SMILES string of the molecule is C=C(/N=C(\ON)c1ccc(NC(C)C)c(C#N)c1)c1ccc2c(c1)CCNCC2. The molecule has 0 saturated heterocycles. The number of nitriles is 1. The van der Waals surface area contributed by atoms with Crippen molar-refractivity contribution in [3.05, 3.63) is 70.8 Å². The van der Waals surface area contributed by atoms with Gasteiger partial charge in [0.05, 0.1) is 16.9 Å². The van der Waals surface area contributed by atoms with Crippen molar-refractivity contribution in [2.45, 2.75) is 32.7 Å². The molecular formula is C23H27N5O. The molecule has 1 aliphatic heterocycles. The maximum absolute atomic E-state index is 9.48. The second-order valence-electron chi connectivity index (χ2n) is 7.39. The van der Waals surface area contributed by atoms with Crippen molar-refractivity contribution in [2.24, 2.45) is 10.9 Å². The molecule has 0 bridgehead atoms. The first-order valence-corrected chi connectivity index (χ1v) is 9.80. The zero-order chi connectivity index (χ0) is 20.8. The second kappa shape index (κ2) is 9.37. The van der Waals surface area contributed by atoms with Gasteiger partial charge in [-0.3, -0.25) is 0 Å². The molecule has 0 aromatic heterocycles. The molecule has 2 aromatic carbocycles. The van der Waals surface area contributed by atoms with Crippen molar-refractivity contribution in [1.29, 1.82) is 5.26 Å². The van der Waals surface area contributed by atoms with Crippen LogP contribution in [0.3, 0.4) is 0 Å². The minimum Gasteiger partial charge on any atom is -0.391 e. The number of nitrogens with two attached hydrogens (primary N) is 1. The molecule has 1 aliphatic rings. The molecule has 3 rings (SSSR count). The Hall–Kier alpha value is -3.14. The third kappa shape index (κ3) is 5.02. The lowest BCUT2D eigenvalue weighted by atomic mass is 9.99. The van der Waals surface area contributed by atoms with Crippen LogP contribution in [0.1, 0.15) is 41.7 Å².